The number of methoxy groups -OCH3 is 2. The van der Waals surface area contributed by atoms with Crippen molar-refractivity contribution >= 4 is 16.7 Å². The number of nitrogens with one attached hydrogen (secondary N) is 1. The monoisotopic (exact) mass is 388 g/mol. The molecule has 0 saturated carbocycles. The van der Waals surface area contributed by atoms with Crippen molar-refractivity contribution in [2.45, 2.75) is 13.5 Å². The lowest BCUT2D eigenvalue weighted by molar-refractivity contribution is 0.413. The van der Waals surface area contributed by atoms with E-state index in [1.807, 2.05) is 43.3 Å². The Morgan fingerprint density at radius 3 is 2.52 bits per heavy atom. The highest BCUT2D eigenvalue weighted by Gasteiger charge is 2.13. The Bertz CT molecular complexity index is 1130. The molecular weight excluding hydrogens is 368 g/mol. The van der Waals surface area contributed by atoms with Crippen LogP contribution in [0.15, 0.2) is 48.9 Å². The predicted octanol–water partition coefficient (Wildman–Crippen LogP) is 3.42. The number of fused-ring (bicyclic) bond motifs is 1. The van der Waals surface area contributed by atoms with Gasteiger partial charge in [0.25, 0.3) is 0 Å². The molecule has 0 amide bonds. The molecule has 3 heterocycles. The van der Waals surface area contributed by atoms with Crippen LogP contribution < -0.4 is 14.8 Å². The molecule has 0 aliphatic rings. The van der Waals surface area contributed by atoms with E-state index in [4.69, 9.17) is 9.47 Å². The van der Waals surface area contributed by atoms with Crippen LogP contribution in [0.4, 0.5) is 5.82 Å². The third kappa shape index (κ3) is 3.91. The molecule has 0 aliphatic heterocycles. The van der Waals surface area contributed by atoms with Gasteiger partial charge in [-0.3, -0.25) is 4.98 Å². The fraction of sp³-hybridized carbons (Fsp3) is 0.190. The molecule has 3 aromatic heterocycles. The molecular formula is C21H20N6O2. The molecule has 29 heavy (non-hydrogen) atoms. The summed E-state index contributed by atoms with van der Waals surface area (Å²) in [5.41, 5.74) is 4.11. The third-order valence-corrected chi connectivity index (χ3v) is 4.48. The average Bonchev–Trinajstić information content (AvgIpc) is 2.78. The molecule has 0 bridgehead atoms. The minimum atomic E-state index is 0.493. The zero-order valence-corrected chi connectivity index (χ0v) is 16.4. The molecule has 146 valence electrons. The van der Waals surface area contributed by atoms with Gasteiger partial charge in [0.2, 0.25) is 0 Å². The van der Waals surface area contributed by atoms with E-state index in [2.05, 4.69) is 30.5 Å². The first kappa shape index (κ1) is 18.5. The summed E-state index contributed by atoms with van der Waals surface area (Å²) in [7, 11) is 3.24. The Kier molecular flexibility index (Phi) is 5.15. The second-order valence-corrected chi connectivity index (χ2v) is 6.40. The number of hydrogen-bond acceptors (Lipinski definition) is 8. The second-order valence-electron chi connectivity index (χ2n) is 6.40. The van der Waals surface area contributed by atoms with Crippen molar-refractivity contribution in [1.82, 2.24) is 25.1 Å². The van der Waals surface area contributed by atoms with Crippen LogP contribution in [-0.4, -0.2) is 39.4 Å². The van der Waals surface area contributed by atoms with Gasteiger partial charge >= 0.3 is 0 Å². The molecule has 1 N–H and O–H groups in total. The molecule has 0 aliphatic carbocycles. The third-order valence-electron chi connectivity index (χ3n) is 4.48. The van der Waals surface area contributed by atoms with E-state index in [0.717, 1.165) is 33.5 Å². The van der Waals surface area contributed by atoms with Gasteiger partial charge in [0, 0.05) is 10.9 Å². The van der Waals surface area contributed by atoms with Gasteiger partial charge < -0.3 is 14.8 Å². The quantitative estimate of drug-likeness (QED) is 0.537. The lowest BCUT2D eigenvalue weighted by Crippen LogP contribution is -2.05. The molecule has 8 nitrogen and oxygen atoms in total. The molecule has 0 fully saturated rings. The molecule has 4 aromatic rings. The largest absolute Gasteiger partial charge is 0.495 e. The number of benzene rings is 1. The maximum absolute atomic E-state index is 5.57. The molecule has 4 rings (SSSR count). The summed E-state index contributed by atoms with van der Waals surface area (Å²) < 4.78 is 10.8. The fourth-order valence-electron chi connectivity index (χ4n) is 2.95. The van der Waals surface area contributed by atoms with E-state index in [0.29, 0.717) is 23.9 Å². The van der Waals surface area contributed by atoms with Crippen LogP contribution in [0.2, 0.25) is 0 Å². The van der Waals surface area contributed by atoms with Crippen LogP contribution in [0.25, 0.3) is 22.2 Å². The molecule has 1 aromatic carbocycles. The Hall–Kier alpha value is -3.81. The van der Waals surface area contributed by atoms with E-state index < -0.39 is 0 Å². The van der Waals surface area contributed by atoms with Gasteiger partial charge in [0.15, 0.2) is 0 Å². The summed E-state index contributed by atoms with van der Waals surface area (Å²) >= 11 is 0. The maximum atomic E-state index is 5.57. The predicted molar refractivity (Wildman–Crippen MR) is 110 cm³/mol. The van der Waals surface area contributed by atoms with E-state index in [1.54, 1.807) is 20.4 Å². The maximum Gasteiger partial charge on any atom is 0.145 e. The normalized spacial score (nSPS) is 10.7. The topological polar surface area (TPSA) is 94.9 Å². The van der Waals surface area contributed by atoms with Crippen LogP contribution in [0.5, 0.6) is 11.5 Å². The number of pyridine rings is 1. The molecule has 0 spiro atoms. The first-order valence-electron chi connectivity index (χ1n) is 9.04. The van der Waals surface area contributed by atoms with Gasteiger partial charge in [-0.2, -0.15) is 10.2 Å². The number of aryl methyl sites for hydroxylation is 1. The Morgan fingerprint density at radius 1 is 0.931 bits per heavy atom. The number of anilines is 1. The van der Waals surface area contributed by atoms with Crippen LogP contribution in [-0.2, 0) is 6.54 Å². The molecule has 0 saturated heterocycles. The minimum absolute atomic E-state index is 0.493. The average molecular weight is 388 g/mol. The number of nitrogens with zero attached hydrogens (tertiary/aromatic N) is 5. The van der Waals surface area contributed by atoms with Gasteiger partial charge in [0.1, 0.15) is 29.2 Å². The number of rotatable bonds is 6. The first-order valence-corrected chi connectivity index (χ1v) is 9.04. The zero-order valence-electron chi connectivity index (χ0n) is 16.4. The van der Waals surface area contributed by atoms with Crippen molar-refractivity contribution in [3.63, 3.8) is 0 Å². The van der Waals surface area contributed by atoms with Gasteiger partial charge in [0.05, 0.1) is 44.0 Å². The van der Waals surface area contributed by atoms with Crippen molar-refractivity contribution < 1.29 is 9.47 Å². The highest BCUT2D eigenvalue weighted by Crippen LogP contribution is 2.33. The summed E-state index contributed by atoms with van der Waals surface area (Å²) in [5, 5.41) is 12.4. The van der Waals surface area contributed by atoms with Gasteiger partial charge in [-0.15, -0.1) is 0 Å². The lowest BCUT2D eigenvalue weighted by atomic mass is 10.1. The Morgan fingerprint density at radius 2 is 1.83 bits per heavy atom. The molecule has 0 unspecified atom stereocenters. The van der Waals surface area contributed by atoms with Crippen LogP contribution in [0.1, 0.15) is 11.4 Å². The highest BCUT2D eigenvalue weighted by molar-refractivity contribution is 5.96. The summed E-state index contributed by atoms with van der Waals surface area (Å²) in [6.07, 6.45) is 3.20. The highest BCUT2D eigenvalue weighted by atomic mass is 16.5. The van der Waals surface area contributed by atoms with Crippen molar-refractivity contribution in [2.24, 2.45) is 0 Å². The van der Waals surface area contributed by atoms with E-state index in [9.17, 15) is 0 Å². The molecule has 0 radical (unpaired) electrons. The smallest absolute Gasteiger partial charge is 0.145 e. The second kappa shape index (κ2) is 8.05. The van der Waals surface area contributed by atoms with Gasteiger partial charge in [-0.25, -0.2) is 9.97 Å². The zero-order chi connectivity index (χ0) is 20.2. The standard InChI is InChI=1S/C21H20N6O2/c1-13-4-5-15(27-26-13)10-23-21-17-8-14(18-7-6-16(28-2)11-22-18)9-19(29-3)20(17)24-12-25-21/h4-9,11-12H,10H2,1-3H3,(H,23,24,25). The van der Waals surface area contributed by atoms with E-state index in [1.165, 1.54) is 6.33 Å². The SMILES string of the molecule is COc1ccc(-c2cc(OC)c3ncnc(NCc4ccc(C)nn4)c3c2)nc1. The summed E-state index contributed by atoms with van der Waals surface area (Å²) in [6, 6.07) is 11.5. The lowest BCUT2D eigenvalue weighted by Gasteiger charge is -2.12. The number of hydrogen-bond donors (Lipinski definition) is 1. The van der Waals surface area contributed by atoms with Crippen LogP contribution >= 0.6 is 0 Å². The number of aromatic nitrogens is 5. The minimum Gasteiger partial charge on any atom is -0.495 e. The van der Waals surface area contributed by atoms with Crippen LogP contribution in [0.3, 0.4) is 0 Å². The first-order chi connectivity index (χ1) is 14.2. The van der Waals surface area contributed by atoms with Crippen molar-refractivity contribution in [2.75, 3.05) is 19.5 Å². The van der Waals surface area contributed by atoms with Crippen molar-refractivity contribution in [3.05, 3.63) is 60.3 Å². The Labute approximate surface area is 168 Å². The van der Waals surface area contributed by atoms with Crippen molar-refractivity contribution in [1.29, 1.82) is 0 Å². The number of ether oxygens (including phenoxy) is 2. The van der Waals surface area contributed by atoms with Gasteiger partial charge in [-0.05, 0) is 43.3 Å². The molecule has 0 atom stereocenters. The fourth-order valence-corrected chi connectivity index (χ4v) is 2.95. The van der Waals surface area contributed by atoms with E-state index >= 15 is 0 Å². The van der Waals surface area contributed by atoms with Gasteiger partial charge in [-0.1, -0.05) is 0 Å². The van der Waals surface area contributed by atoms with Crippen molar-refractivity contribution in [3.8, 4) is 22.8 Å². The summed E-state index contributed by atoms with van der Waals surface area (Å²) in [6.45, 7) is 2.40. The summed E-state index contributed by atoms with van der Waals surface area (Å²) in [5.74, 6) is 2.04. The van der Waals surface area contributed by atoms with Crippen LogP contribution in [0, 0.1) is 6.92 Å². The van der Waals surface area contributed by atoms with E-state index in [-0.39, 0.29) is 0 Å². The molecule has 8 heteroatoms. The Balaban J connectivity index is 1.73. The summed E-state index contributed by atoms with van der Waals surface area (Å²) in [4.78, 5) is 13.3.